The highest BCUT2D eigenvalue weighted by Gasteiger charge is 2.09. The molecule has 0 aromatic heterocycles. The fraction of sp³-hybridized carbons (Fsp3) is 0.182. The lowest BCUT2D eigenvalue weighted by Gasteiger charge is -2.04. The molecule has 1 aromatic carbocycles. The van der Waals surface area contributed by atoms with E-state index in [9.17, 15) is 4.79 Å². The fourth-order valence-electron chi connectivity index (χ4n) is 0.950. The lowest BCUT2D eigenvalue weighted by Crippen LogP contribution is -2.00. The number of carboxylic acids is 1. The molecule has 0 spiro atoms. The standard InChI is InChI=1S/C11H9ClO3/c1-2-3-6-15-8-4-5-10(12)9(7-8)11(13)14/h4-5,7H,6H2,1H3,(H,13,14). The Hall–Kier alpha value is -1.66. The summed E-state index contributed by atoms with van der Waals surface area (Å²) in [5.41, 5.74) is 0.0265. The molecule has 0 atom stereocenters. The summed E-state index contributed by atoms with van der Waals surface area (Å²) in [6.45, 7) is 1.94. The van der Waals surface area contributed by atoms with Crippen LogP contribution in [0.1, 0.15) is 17.3 Å². The van der Waals surface area contributed by atoms with Gasteiger partial charge in [-0.3, -0.25) is 0 Å². The van der Waals surface area contributed by atoms with Crippen molar-refractivity contribution in [2.24, 2.45) is 0 Å². The predicted octanol–water partition coefficient (Wildman–Crippen LogP) is 2.44. The summed E-state index contributed by atoms with van der Waals surface area (Å²) in [7, 11) is 0. The van der Waals surface area contributed by atoms with E-state index in [2.05, 4.69) is 11.8 Å². The van der Waals surface area contributed by atoms with Gasteiger partial charge in [0.05, 0.1) is 10.6 Å². The number of carboxylic acid groups (broad SMARTS) is 1. The molecule has 15 heavy (non-hydrogen) atoms. The van der Waals surface area contributed by atoms with E-state index in [1.165, 1.54) is 12.1 Å². The van der Waals surface area contributed by atoms with Crippen molar-refractivity contribution in [3.05, 3.63) is 28.8 Å². The third kappa shape index (κ3) is 3.19. The number of benzene rings is 1. The molecule has 1 rings (SSSR count). The lowest BCUT2D eigenvalue weighted by atomic mass is 10.2. The predicted molar refractivity (Wildman–Crippen MR) is 57.4 cm³/mol. The molecule has 0 radical (unpaired) electrons. The first-order valence-corrected chi connectivity index (χ1v) is 4.58. The quantitative estimate of drug-likeness (QED) is 0.803. The minimum Gasteiger partial charge on any atom is -0.481 e. The van der Waals surface area contributed by atoms with Crippen molar-refractivity contribution in [3.63, 3.8) is 0 Å². The summed E-state index contributed by atoms with van der Waals surface area (Å²) in [6.07, 6.45) is 0. The van der Waals surface area contributed by atoms with Crippen molar-refractivity contribution >= 4 is 17.6 Å². The van der Waals surface area contributed by atoms with Gasteiger partial charge >= 0.3 is 5.97 Å². The molecule has 1 aromatic rings. The summed E-state index contributed by atoms with van der Waals surface area (Å²) in [5.74, 6) is 4.74. The average Bonchev–Trinajstić information content (AvgIpc) is 2.20. The van der Waals surface area contributed by atoms with Crippen molar-refractivity contribution < 1.29 is 14.6 Å². The topological polar surface area (TPSA) is 46.5 Å². The highest BCUT2D eigenvalue weighted by molar-refractivity contribution is 6.33. The third-order valence-corrected chi connectivity index (χ3v) is 1.99. The van der Waals surface area contributed by atoms with E-state index in [0.717, 1.165) is 0 Å². The molecule has 78 valence electrons. The minimum absolute atomic E-state index is 0.0265. The van der Waals surface area contributed by atoms with Crippen molar-refractivity contribution in [2.45, 2.75) is 6.92 Å². The molecule has 0 bridgehead atoms. The molecule has 0 heterocycles. The van der Waals surface area contributed by atoms with Gasteiger partial charge in [0.2, 0.25) is 0 Å². The van der Waals surface area contributed by atoms with Gasteiger partial charge in [-0.2, -0.15) is 0 Å². The molecule has 0 aliphatic heterocycles. The molecule has 0 aliphatic carbocycles. The van der Waals surface area contributed by atoms with Crippen LogP contribution in [0.15, 0.2) is 18.2 Å². The Kier molecular flexibility index (Phi) is 4.02. The van der Waals surface area contributed by atoms with Crippen LogP contribution in [0.3, 0.4) is 0 Å². The summed E-state index contributed by atoms with van der Waals surface area (Å²) in [4.78, 5) is 10.7. The zero-order valence-electron chi connectivity index (χ0n) is 8.08. The zero-order chi connectivity index (χ0) is 11.3. The summed E-state index contributed by atoms with van der Waals surface area (Å²) >= 11 is 5.69. The zero-order valence-corrected chi connectivity index (χ0v) is 8.84. The first-order chi connectivity index (χ1) is 7.15. The van der Waals surface area contributed by atoms with Gasteiger partial charge in [-0.15, -0.1) is 5.92 Å². The Bertz CT molecular complexity index is 429. The minimum atomic E-state index is -1.08. The van der Waals surface area contributed by atoms with E-state index in [1.54, 1.807) is 13.0 Å². The Labute approximate surface area is 92.6 Å². The average molecular weight is 225 g/mol. The smallest absolute Gasteiger partial charge is 0.337 e. The first-order valence-electron chi connectivity index (χ1n) is 4.20. The van der Waals surface area contributed by atoms with Gasteiger partial charge in [0.15, 0.2) is 0 Å². The van der Waals surface area contributed by atoms with Gasteiger partial charge in [0.1, 0.15) is 12.4 Å². The van der Waals surface area contributed by atoms with Crippen LogP contribution in [-0.2, 0) is 0 Å². The summed E-state index contributed by atoms with van der Waals surface area (Å²) in [5, 5.41) is 8.98. The molecule has 4 heteroatoms. The van der Waals surface area contributed by atoms with Crippen LogP contribution in [0.5, 0.6) is 5.75 Å². The Balaban J connectivity index is 2.86. The maximum atomic E-state index is 10.7. The third-order valence-electron chi connectivity index (χ3n) is 1.66. The van der Waals surface area contributed by atoms with E-state index < -0.39 is 5.97 Å². The number of carbonyl (C=O) groups is 1. The number of hydrogen-bond donors (Lipinski definition) is 1. The van der Waals surface area contributed by atoms with E-state index >= 15 is 0 Å². The summed E-state index contributed by atoms with van der Waals surface area (Å²) in [6, 6.07) is 4.47. The normalized spacial score (nSPS) is 8.93. The second kappa shape index (κ2) is 5.28. The molecule has 0 saturated carbocycles. The molecule has 0 unspecified atom stereocenters. The molecule has 0 amide bonds. The van der Waals surface area contributed by atoms with E-state index in [4.69, 9.17) is 21.4 Å². The van der Waals surface area contributed by atoms with E-state index in [1.807, 2.05) is 0 Å². The highest BCUT2D eigenvalue weighted by Crippen LogP contribution is 2.21. The molecular weight excluding hydrogens is 216 g/mol. The highest BCUT2D eigenvalue weighted by atomic mass is 35.5. The first kappa shape index (κ1) is 11.4. The van der Waals surface area contributed by atoms with Crippen molar-refractivity contribution in [3.8, 4) is 17.6 Å². The van der Waals surface area contributed by atoms with Gasteiger partial charge in [-0.1, -0.05) is 17.5 Å². The van der Waals surface area contributed by atoms with Crippen LogP contribution in [0.25, 0.3) is 0 Å². The van der Waals surface area contributed by atoms with E-state index in [-0.39, 0.29) is 17.2 Å². The number of aromatic carboxylic acids is 1. The van der Waals surface area contributed by atoms with Crippen molar-refractivity contribution in [1.82, 2.24) is 0 Å². The number of hydrogen-bond acceptors (Lipinski definition) is 2. The maximum absolute atomic E-state index is 10.7. The van der Waals surface area contributed by atoms with Crippen LogP contribution in [0.4, 0.5) is 0 Å². The molecular formula is C11H9ClO3. The Morgan fingerprint density at radius 1 is 1.60 bits per heavy atom. The second-order valence-electron chi connectivity index (χ2n) is 2.66. The number of ether oxygens (including phenoxy) is 1. The molecule has 1 N–H and O–H groups in total. The largest absolute Gasteiger partial charge is 0.481 e. The monoisotopic (exact) mass is 224 g/mol. The van der Waals surface area contributed by atoms with Gasteiger partial charge in [0, 0.05) is 0 Å². The van der Waals surface area contributed by atoms with Crippen LogP contribution in [0.2, 0.25) is 5.02 Å². The van der Waals surface area contributed by atoms with Gasteiger partial charge < -0.3 is 9.84 Å². The SMILES string of the molecule is CC#CCOc1ccc(Cl)c(C(=O)O)c1. The van der Waals surface area contributed by atoms with Crippen molar-refractivity contribution in [2.75, 3.05) is 6.61 Å². The van der Waals surface area contributed by atoms with Gasteiger partial charge in [-0.25, -0.2) is 4.79 Å². The number of rotatable bonds is 3. The van der Waals surface area contributed by atoms with Crippen LogP contribution in [0, 0.1) is 11.8 Å². The Morgan fingerprint density at radius 3 is 2.93 bits per heavy atom. The van der Waals surface area contributed by atoms with Crippen LogP contribution in [-0.4, -0.2) is 17.7 Å². The maximum Gasteiger partial charge on any atom is 0.337 e. The number of halogens is 1. The molecule has 0 aliphatic rings. The molecule has 0 fully saturated rings. The Morgan fingerprint density at radius 2 is 2.33 bits per heavy atom. The van der Waals surface area contributed by atoms with Crippen molar-refractivity contribution in [1.29, 1.82) is 0 Å². The lowest BCUT2D eigenvalue weighted by molar-refractivity contribution is 0.0696. The van der Waals surface area contributed by atoms with Crippen LogP contribution < -0.4 is 4.74 Å². The fourth-order valence-corrected chi connectivity index (χ4v) is 1.15. The molecule has 0 saturated heterocycles. The molecule has 3 nitrogen and oxygen atoms in total. The van der Waals surface area contributed by atoms with Crippen LogP contribution >= 0.6 is 11.6 Å². The summed E-state index contributed by atoms with van der Waals surface area (Å²) < 4.78 is 5.20. The van der Waals surface area contributed by atoms with Gasteiger partial charge in [0.25, 0.3) is 0 Å². The second-order valence-corrected chi connectivity index (χ2v) is 3.07. The van der Waals surface area contributed by atoms with Gasteiger partial charge in [-0.05, 0) is 25.1 Å². The van der Waals surface area contributed by atoms with E-state index in [0.29, 0.717) is 5.75 Å².